The Bertz CT molecular complexity index is 390. The van der Waals surface area contributed by atoms with E-state index in [-0.39, 0.29) is 6.10 Å². The van der Waals surface area contributed by atoms with Crippen LogP contribution < -0.4 is 5.32 Å². The van der Waals surface area contributed by atoms with Crippen LogP contribution in [-0.4, -0.2) is 22.9 Å². The van der Waals surface area contributed by atoms with Crippen molar-refractivity contribution < 1.29 is 14.6 Å². The highest BCUT2D eigenvalue weighted by atomic mass is 16.6. The molecular formula is C14H21NO3. The molecule has 1 aromatic rings. The van der Waals surface area contributed by atoms with E-state index in [0.717, 1.165) is 5.56 Å². The highest BCUT2D eigenvalue weighted by molar-refractivity contribution is 5.84. The Morgan fingerprint density at radius 3 is 2.33 bits per heavy atom. The molecule has 0 spiro atoms. The lowest BCUT2D eigenvalue weighted by molar-refractivity contribution is 0.0636. The molecule has 4 nitrogen and oxygen atoms in total. The fraction of sp³-hybridized carbons (Fsp3) is 0.500. The van der Waals surface area contributed by atoms with Crippen molar-refractivity contribution in [3.8, 4) is 0 Å². The van der Waals surface area contributed by atoms with E-state index in [1.54, 1.807) is 19.1 Å². The molecule has 0 saturated carbocycles. The molecule has 0 aliphatic heterocycles. The van der Waals surface area contributed by atoms with Crippen molar-refractivity contribution >= 4 is 11.8 Å². The molecular weight excluding hydrogens is 230 g/mol. The van der Waals surface area contributed by atoms with Gasteiger partial charge in [0.2, 0.25) is 0 Å². The summed E-state index contributed by atoms with van der Waals surface area (Å²) in [6.07, 6.45) is -0.229. The van der Waals surface area contributed by atoms with Gasteiger partial charge in [-0.05, 0) is 51.8 Å². The average Bonchev–Trinajstić information content (AvgIpc) is 2.17. The molecule has 100 valence electrons. The molecule has 1 rings (SSSR count). The van der Waals surface area contributed by atoms with Crippen molar-refractivity contribution in [3.05, 3.63) is 29.8 Å². The van der Waals surface area contributed by atoms with Crippen molar-refractivity contribution in [2.24, 2.45) is 0 Å². The van der Waals surface area contributed by atoms with Gasteiger partial charge in [0.1, 0.15) is 5.60 Å². The normalized spacial score (nSPS) is 12.9. The van der Waals surface area contributed by atoms with E-state index in [0.29, 0.717) is 12.1 Å². The fourth-order valence-corrected chi connectivity index (χ4v) is 1.49. The van der Waals surface area contributed by atoms with Gasteiger partial charge in [-0.2, -0.15) is 0 Å². The summed E-state index contributed by atoms with van der Waals surface area (Å²) < 4.78 is 5.15. The Kier molecular flexibility index (Phi) is 4.73. The average molecular weight is 251 g/mol. The third-order valence-electron chi connectivity index (χ3n) is 2.13. The molecule has 4 heteroatoms. The second kappa shape index (κ2) is 5.87. The molecule has 0 radical (unpaired) electrons. The largest absolute Gasteiger partial charge is 0.444 e. The predicted octanol–water partition coefficient (Wildman–Crippen LogP) is 2.96. The minimum Gasteiger partial charge on any atom is -0.444 e. The van der Waals surface area contributed by atoms with Gasteiger partial charge in [0.25, 0.3) is 0 Å². The number of nitrogens with one attached hydrogen (secondary N) is 1. The van der Waals surface area contributed by atoms with Gasteiger partial charge in [0, 0.05) is 5.69 Å². The van der Waals surface area contributed by atoms with Gasteiger partial charge in [-0.15, -0.1) is 0 Å². The van der Waals surface area contributed by atoms with E-state index in [4.69, 9.17) is 4.74 Å². The third-order valence-corrected chi connectivity index (χ3v) is 2.13. The van der Waals surface area contributed by atoms with Crippen LogP contribution in [0.1, 0.15) is 33.3 Å². The zero-order valence-corrected chi connectivity index (χ0v) is 11.4. The van der Waals surface area contributed by atoms with Crippen molar-refractivity contribution in [3.63, 3.8) is 0 Å². The van der Waals surface area contributed by atoms with E-state index < -0.39 is 11.7 Å². The summed E-state index contributed by atoms with van der Waals surface area (Å²) >= 11 is 0. The van der Waals surface area contributed by atoms with Gasteiger partial charge < -0.3 is 9.84 Å². The minimum atomic E-state index is -0.504. The molecule has 1 aromatic carbocycles. The second-order valence-corrected chi connectivity index (χ2v) is 5.38. The van der Waals surface area contributed by atoms with E-state index in [2.05, 4.69) is 5.32 Å². The zero-order chi connectivity index (χ0) is 13.8. The SMILES string of the molecule is C[C@H](O)Cc1ccc(NC(=O)OC(C)(C)C)cc1. The molecule has 0 unspecified atom stereocenters. The van der Waals surface area contributed by atoms with Gasteiger partial charge in [-0.3, -0.25) is 5.32 Å². The minimum absolute atomic E-state index is 0.366. The molecule has 0 aliphatic rings. The van der Waals surface area contributed by atoms with E-state index >= 15 is 0 Å². The molecule has 0 aliphatic carbocycles. The van der Waals surface area contributed by atoms with Crippen LogP contribution in [0.25, 0.3) is 0 Å². The summed E-state index contributed by atoms with van der Waals surface area (Å²) in [5, 5.41) is 11.9. The monoisotopic (exact) mass is 251 g/mol. The van der Waals surface area contributed by atoms with Gasteiger partial charge in [-0.1, -0.05) is 12.1 Å². The van der Waals surface area contributed by atoms with Crippen molar-refractivity contribution in [1.29, 1.82) is 0 Å². The summed E-state index contributed by atoms with van der Waals surface area (Å²) in [7, 11) is 0. The molecule has 0 heterocycles. The number of hydrogen-bond donors (Lipinski definition) is 2. The zero-order valence-electron chi connectivity index (χ0n) is 11.4. The Hall–Kier alpha value is -1.55. The number of hydrogen-bond acceptors (Lipinski definition) is 3. The fourth-order valence-electron chi connectivity index (χ4n) is 1.49. The smallest absolute Gasteiger partial charge is 0.412 e. The van der Waals surface area contributed by atoms with E-state index in [1.807, 2.05) is 32.9 Å². The van der Waals surface area contributed by atoms with Crippen molar-refractivity contribution in [2.75, 3.05) is 5.32 Å². The first-order valence-electron chi connectivity index (χ1n) is 6.03. The third kappa shape index (κ3) is 5.68. The summed E-state index contributed by atoms with van der Waals surface area (Å²) in [6.45, 7) is 7.20. The molecule has 18 heavy (non-hydrogen) atoms. The van der Waals surface area contributed by atoms with Crippen LogP contribution in [0.5, 0.6) is 0 Å². The van der Waals surface area contributed by atoms with Crippen molar-refractivity contribution in [1.82, 2.24) is 0 Å². The highest BCUT2D eigenvalue weighted by Crippen LogP contribution is 2.13. The molecule has 1 amide bonds. The lowest BCUT2D eigenvalue weighted by Crippen LogP contribution is -2.27. The quantitative estimate of drug-likeness (QED) is 0.868. The summed E-state index contributed by atoms with van der Waals surface area (Å²) in [5.74, 6) is 0. The number of aliphatic hydroxyl groups excluding tert-OH is 1. The van der Waals surface area contributed by atoms with E-state index in [1.165, 1.54) is 0 Å². The van der Waals surface area contributed by atoms with Gasteiger partial charge in [-0.25, -0.2) is 4.79 Å². The number of aliphatic hydroxyl groups is 1. The van der Waals surface area contributed by atoms with Crippen LogP contribution in [0.2, 0.25) is 0 Å². The van der Waals surface area contributed by atoms with Gasteiger partial charge >= 0.3 is 6.09 Å². The Labute approximate surface area is 108 Å². The van der Waals surface area contributed by atoms with E-state index in [9.17, 15) is 9.90 Å². The Balaban J connectivity index is 2.56. The Morgan fingerprint density at radius 2 is 1.89 bits per heavy atom. The first-order chi connectivity index (χ1) is 8.26. The maximum absolute atomic E-state index is 11.5. The van der Waals surface area contributed by atoms with Crippen LogP contribution in [0.4, 0.5) is 10.5 Å². The number of ether oxygens (including phenoxy) is 1. The molecule has 0 aromatic heterocycles. The predicted molar refractivity (Wildman–Crippen MR) is 71.7 cm³/mol. The Morgan fingerprint density at radius 1 is 1.33 bits per heavy atom. The number of anilines is 1. The number of amides is 1. The number of benzene rings is 1. The number of carbonyl (C=O) groups excluding carboxylic acids is 1. The van der Waals surface area contributed by atoms with Gasteiger partial charge in [0.15, 0.2) is 0 Å². The van der Waals surface area contributed by atoms with Crippen LogP contribution in [0, 0.1) is 0 Å². The number of rotatable bonds is 3. The van der Waals surface area contributed by atoms with Crippen LogP contribution in [-0.2, 0) is 11.2 Å². The molecule has 2 N–H and O–H groups in total. The van der Waals surface area contributed by atoms with Crippen molar-refractivity contribution in [2.45, 2.75) is 45.8 Å². The van der Waals surface area contributed by atoms with Crippen LogP contribution >= 0.6 is 0 Å². The summed E-state index contributed by atoms with van der Waals surface area (Å²) in [6, 6.07) is 7.34. The maximum Gasteiger partial charge on any atom is 0.412 e. The van der Waals surface area contributed by atoms with Crippen LogP contribution in [0.15, 0.2) is 24.3 Å². The maximum atomic E-state index is 11.5. The topological polar surface area (TPSA) is 58.6 Å². The molecule has 0 saturated heterocycles. The number of carbonyl (C=O) groups is 1. The first kappa shape index (κ1) is 14.5. The standard InChI is InChI=1S/C14H21NO3/c1-10(16)9-11-5-7-12(8-6-11)15-13(17)18-14(2,3)4/h5-8,10,16H,9H2,1-4H3,(H,15,17)/t10-/m0/s1. The van der Waals surface area contributed by atoms with Gasteiger partial charge in [0.05, 0.1) is 6.10 Å². The second-order valence-electron chi connectivity index (χ2n) is 5.38. The summed E-state index contributed by atoms with van der Waals surface area (Å²) in [4.78, 5) is 11.5. The molecule has 0 bridgehead atoms. The molecule has 1 atom stereocenters. The van der Waals surface area contributed by atoms with Crippen LogP contribution in [0.3, 0.4) is 0 Å². The lowest BCUT2D eigenvalue weighted by atomic mass is 10.1. The lowest BCUT2D eigenvalue weighted by Gasteiger charge is -2.19. The first-order valence-corrected chi connectivity index (χ1v) is 6.03. The highest BCUT2D eigenvalue weighted by Gasteiger charge is 2.16. The molecule has 0 fully saturated rings. The summed E-state index contributed by atoms with van der Waals surface area (Å²) in [5.41, 5.74) is 1.20.